The number of carbonyl (C=O) groups excluding carboxylic acids is 1. The van der Waals surface area contributed by atoms with Crippen molar-refractivity contribution in [3.05, 3.63) is 24.3 Å². The van der Waals surface area contributed by atoms with Gasteiger partial charge in [0.05, 0.1) is 12.2 Å². The van der Waals surface area contributed by atoms with Crippen molar-refractivity contribution in [2.75, 3.05) is 0 Å². The first-order valence-corrected chi connectivity index (χ1v) is 18.5. The van der Waals surface area contributed by atoms with E-state index in [1.54, 1.807) is 0 Å². The van der Waals surface area contributed by atoms with Crippen molar-refractivity contribution in [1.82, 2.24) is 0 Å². The lowest BCUT2D eigenvalue weighted by molar-refractivity contribution is -0.115. The molecule has 0 bridgehead atoms. The number of ketones is 1. The third-order valence-electron chi connectivity index (χ3n) is 8.66. The van der Waals surface area contributed by atoms with Gasteiger partial charge in [-0.15, -0.1) is 0 Å². The van der Waals surface area contributed by atoms with E-state index in [1.165, 1.54) is 32.1 Å². The van der Waals surface area contributed by atoms with Gasteiger partial charge >= 0.3 is 0 Å². The Morgan fingerprint density at radius 1 is 0.938 bits per heavy atom. The molecular formula is C27H50O3Si2. The fourth-order valence-electron chi connectivity index (χ4n) is 4.26. The van der Waals surface area contributed by atoms with Crippen LogP contribution in [0, 0.1) is 11.8 Å². The summed E-state index contributed by atoms with van der Waals surface area (Å²) in [4.78, 5) is 12.6. The zero-order valence-corrected chi connectivity index (χ0v) is 24.6. The molecule has 1 unspecified atom stereocenters. The van der Waals surface area contributed by atoms with E-state index < -0.39 is 16.6 Å². The van der Waals surface area contributed by atoms with Crippen molar-refractivity contribution in [3.8, 4) is 0 Å². The summed E-state index contributed by atoms with van der Waals surface area (Å²) in [5.74, 6) is 0.688. The van der Waals surface area contributed by atoms with Gasteiger partial charge in [-0.1, -0.05) is 79.5 Å². The Balaban J connectivity index is 2.29. The highest BCUT2D eigenvalue weighted by Crippen LogP contribution is 2.43. The SMILES string of the molecule is C=C1C(=O)C[C@@H](O[Si](C)(C)C(C)(C)C)[C@@H]1C=CC(O[Si](C)(C)C(C)(C)C)C1CCCCC1. The second-order valence-corrected chi connectivity index (χ2v) is 22.7. The van der Waals surface area contributed by atoms with Crippen LogP contribution in [-0.2, 0) is 13.6 Å². The maximum atomic E-state index is 12.6. The smallest absolute Gasteiger partial charge is 0.192 e. The second-order valence-electron chi connectivity index (χ2n) is 13.2. The lowest BCUT2D eigenvalue weighted by Gasteiger charge is -2.41. The Morgan fingerprint density at radius 2 is 1.47 bits per heavy atom. The molecule has 0 aliphatic heterocycles. The van der Waals surface area contributed by atoms with Crippen LogP contribution in [0.5, 0.6) is 0 Å². The normalized spacial score (nSPS) is 25.7. The zero-order chi connectivity index (χ0) is 24.5. The topological polar surface area (TPSA) is 35.5 Å². The molecule has 0 radical (unpaired) electrons. The minimum absolute atomic E-state index is 0.0364. The van der Waals surface area contributed by atoms with Crippen molar-refractivity contribution in [3.63, 3.8) is 0 Å². The van der Waals surface area contributed by atoms with E-state index in [4.69, 9.17) is 8.85 Å². The monoisotopic (exact) mass is 478 g/mol. The molecule has 0 aromatic rings. The summed E-state index contributed by atoms with van der Waals surface area (Å²) < 4.78 is 13.7. The van der Waals surface area contributed by atoms with Crippen LogP contribution in [-0.4, -0.2) is 34.6 Å². The lowest BCUT2D eigenvalue weighted by atomic mass is 9.84. The van der Waals surface area contributed by atoms with E-state index >= 15 is 0 Å². The third-order valence-corrected chi connectivity index (χ3v) is 17.6. The molecule has 0 amide bonds. The average molecular weight is 479 g/mol. The Bertz CT molecular complexity index is 703. The van der Waals surface area contributed by atoms with Crippen LogP contribution in [0.2, 0.25) is 36.3 Å². The van der Waals surface area contributed by atoms with Gasteiger partial charge in [-0.3, -0.25) is 4.79 Å². The minimum Gasteiger partial charge on any atom is -0.413 e. The Labute approximate surface area is 200 Å². The number of carbonyl (C=O) groups is 1. The maximum Gasteiger partial charge on any atom is 0.192 e. The zero-order valence-electron chi connectivity index (χ0n) is 22.6. The molecule has 2 fully saturated rings. The Kier molecular flexibility index (Phi) is 8.68. The predicted octanol–water partition coefficient (Wildman–Crippen LogP) is 8.05. The van der Waals surface area contributed by atoms with Gasteiger partial charge in [0, 0.05) is 12.3 Å². The highest BCUT2D eigenvalue weighted by Gasteiger charge is 2.45. The molecule has 0 N–H and O–H groups in total. The fraction of sp³-hybridized carbons (Fsp3) is 0.815. The van der Waals surface area contributed by atoms with Gasteiger partial charge in [-0.25, -0.2) is 0 Å². The number of hydrogen-bond acceptors (Lipinski definition) is 3. The molecule has 32 heavy (non-hydrogen) atoms. The van der Waals surface area contributed by atoms with Crippen molar-refractivity contribution in [2.24, 2.45) is 11.8 Å². The summed E-state index contributed by atoms with van der Waals surface area (Å²) in [5.41, 5.74) is 0.708. The molecule has 5 heteroatoms. The van der Waals surface area contributed by atoms with E-state index in [9.17, 15) is 4.79 Å². The number of hydrogen-bond donors (Lipinski definition) is 0. The Morgan fingerprint density at radius 3 is 1.97 bits per heavy atom. The molecule has 184 valence electrons. The van der Waals surface area contributed by atoms with Crippen LogP contribution in [0.3, 0.4) is 0 Å². The van der Waals surface area contributed by atoms with E-state index in [-0.39, 0.29) is 34.0 Å². The molecule has 2 rings (SSSR count). The van der Waals surface area contributed by atoms with Crippen LogP contribution < -0.4 is 0 Å². The van der Waals surface area contributed by atoms with Gasteiger partial charge < -0.3 is 8.85 Å². The van der Waals surface area contributed by atoms with Crippen LogP contribution in [0.1, 0.15) is 80.1 Å². The highest BCUT2D eigenvalue weighted by atomic mass is 28.4. The molecular weight excluding hydrogens is 428 g/mol. The maximum absolute atomic E-state index is 12.6. The van der Waals surface area contributed by atoms with Crippen LogP contribution in [0.15, 0.2) is 24.3 Å². The minimum atomic E-state index is -1.97. The standard InChI is InChI=1S/C27H50O3Si2/c1-20-22(25(19-23(20)28)30-32(10,11)27(5,6)7)17-18-24(21-15-13-12-14-16-21)29-31(8,9)26(2,3)4/h17-18,21-22,24-25H,1,12-16,19H2,2-11H3/t22-,24?,25-/m1/s1. The van der Waals surface area contributed by atoms with Crippen molar-refractivity contribution in [1.29, 1.82) is 0 Å². The van der Waals surface area contributed by atoms with Gasteiger partial charge in [0.1, 0.15) is 0 Å². The van der Waals surface area contributed by atoms with Gasteiger partial charge in [-0.05, 0) is 60.6 Å². The van der Waals surface area contributed by atoms with Gasteiger partial charge in [0.15, 0.2) is 22.4 Å². The van der Waals surface area contributed by atoms with E-state index in [0.717, 1.165) is 0 Å². The first-order chi connectivity index (χ1) is 14.5. The first-order valence-electron chi connectivity index (χ1n) is 12.7. The average Bonchev–Trinajstić information content (AvgIpc) is 2.90. The summed E-state index contributed by atoms with van der Waals surface area (Å²) in [5, 5.41) is 0.291. The highest BCUT2D eigenvalue weighted by molar-refractivity contribution is 6.74. The Hall–Kier alpha value is -0.496. The molecule has 0 aromatic carbocycles. The molecule has 2 aliphatic rings. The third kappa shape index (κ3) is 6.55. The molecule has 2 saturated carbocycles. The van der Waals surface area contributed by atoms with Crippen molar-refractivity contribution in [2.45, 2.75) is 129 Å². The molecule has 0 heterocycles. The molecule has 3 nitrogen and oxygen atoms in total. The van der Waals surface area contributed by atoms with Gasteiger partial charge in [0.25, 0.3) is 0 Å². The summed E-state index contributed by atoms with van der Waals surface area (Å²) in [6, 6.07) is 0. The van der Waals surface area contributed by atoms with E-state index in [2.05, 4.69) is 86.5 Å². The van der Waals surface area contributed by atoms with E-state index in [0.29, 0.717) is 17.9 Å². The van der Waals surface area contributed by atoms with Crippen LogP contribution >= 0.6 is 0 Å². The quantitative estimate of drug-likeness (QED) is 0.211. The van der Waals surface area contributed by atoms with Crippen molar-refractivity contribution >= 4 is 22.4 Å². The largest absolute Gasteiger partial charge is 0.413 e. The summed E-state index contributed by atoms with van der Waals surface area (Å²) in [7, 11) is -3.88. The van der Waals surface area contributed by atoms with Gasteiger partial charge in [-0.2, -0.15) is 0 Å². The van der Waals surface area contributed by atoms with Crippen LogP contribution in [0.25, 0.3) is 0 Å². The molecule has 0 spiro atoms. The summed E-state index contributed by atoms with van der Waals surface area (Å²) in [6.07, 6.45) is 11.4. The number of Topliss-reactive ketones (excluding diaryl/α,β-unsaturated/α-hetero) is 1. The summed E-state index contributed by atoms with van der Waals surface area (Å²) in [6.45, 7) is 27.1. The molecule has 2 aliphatic carbocycles. The number of rotatable bonds is 7. The lowest BCUT2D eigenvalue weighted by Crippen LogP contribution is -2.46. The molecule has 0 aromatic heterocycles. The predicted molar refractivity (Wildman–Crippen MR) is 142 cm³/mol. The molecule has 3 atom stereocenters. The molecule has 0 saturated heterocycles. The van der Waals surface area contributed by atoms with Gasteiger partial charge in [0.2, 0.25) is 0 Å². The van der Waals surface area contributed by atoms with E-state index in [1.807, 2.05) is 0 Å². The van der Waals surface area contributed by atoms with Crippen molar-refractivity contribution < 1.29 is 13.6 Å². The fourth-order valence-corrected chi connectivity index (χ4v) is 6.91. The summed E-state index contributed by atoms with van der Waals surface area (Å²) >= 11 is 0. The second kappa shape index (κ2) is 10.0. The van der Waals surface area contributed by atoms with Crippen LogP contribution in [0.4, 0.5) is 0 Å². The first kappa shape index (κ1) is 27.7.